The fourth-order valence-electron chi connectivity index (χ4n) is 2.96. The van der Waals surface area contributed by atoms with Crippen LogP contribution in [0.1, 0.15) is 43.2 Å². The number of hydrogen-bond donors (Lipinski definition) is 1. The van der Waals surface area contributed by atoms with Gasteiger partial charge in [-0.1, -0.05) is 42.7 Å². The van der Waals surface area contributed by atoms with Crippen molar-refractivity contribution in [1.82, 2.24) is 10.2 Å². The molecule has 0 aromatic heterocycles. The van der Waals surface area contributed by atoms with Crippen LogP contribution in [0.4, 0.5) is 0 Å². The second-order valence-electron chi connectivity index (χ2n) is 6.13. The van der Waals surface area contributed by atoms with E-state index in [1.165, 1.54) is 44.3 Å². The van der Waals surface area contributed by atoms with Crippen molar-refractivity contribution in [2.24, 2.45) is 0 Å². The zero-order valence-electron chi connectivity index (χ0n) is 13.2. The summed E-state index contributed by atoms with van der Waals surface area (Å²) in [4.78, 5) is 14.4. The smallest absolute Gasteiger partial charge is 0.224 e. The molecule has 116 valence electrons. The van der Waals surface area contributed by atoms with E-state index in [1.54, 1.807) is 0 Å². The van der Waals surface area contributed by atoms with Crippen molar-refractivity contribution in [3.05, 3.63) is 35.4 Å². The molecule has 1 fully saturated rings. The third kappa shape index (κ3) is 6.30. The van der Waals surface area contributed by atoms with Crippen LogP contribution in [0, 0.1) is 6.92 Å². The van der Waals surface area contributed by atoms with Crippen LogP contribution in [0.25, 0.3) is 0 Å². The fraction of sp³-hybridized carbons (Fsp3) is 0.611. The van der Waals surface area contributed by atoms with E-state index in [0.717, 1.165) is 25.1 Å². The minimum absolute atomic E-state index is 0.136. The predicted octanol–water partition coefficient (Wildman–Crippen LogP) is 2.92. The molecule has 0 aliphatic carbocycles. The molecule has 1 aliphatic rings. The Morgan fingerprint density at radius 2 is 1.95 bits per heavy atom. The van der Waals surface area contributed by atoms with E-state index in [4.69, 9.17) is 0 Å². The average molecular weight is 288 g/mol. The van der Waals surface area contributed by atoms with Gasteiger partial charge in [-0.3, -0.25) is 4.79 Å². The second kappa shape index (κ2) is 8.83. The maximum atomic E-state index is 11.9. The van der Waals surface area contributed by atoms with Gasteiger partial charge < -0.3 is 10.2 Å². The number of nitrogens with zero attached hydrogens (tertiary/aromatic N) is 1. The molecule has 0 atom stereocenters. The van der Waals surface area contributed by atoms with Crippen LogP contribution in [0.15, 0.2) is 24.3 Å². The van der Waals surface area contributed by atoms with Crippen molar-refractivity contribution >= 4 is 5.91 Å². The minimum atomic E-state index is 0.136. The number of carbonyl (C=O) groups is 1. The molecule has 1 amide bonds. The first kappa shape index (κ1) is 16.0. The molecule has 2 rings (SSSR count). The summed E-state index contributed by atoms with van der Waals surface area (Å²) >= 11 is 0. The third-order valence-electron chi connectivity index (χ3n) is 4.12. The summed E-state index contributed by atoms with van der Waals surface area (Å²) in [6.07, 6.45) is 6.97. The van der Waals surface area contributed by atoms with Gasteiger partial charge in [-0.15, -0.1) is 0 Å². The molecule has 1 aromatic carbocycles. The van der Waals surface area contributed by atoms with E-state index in [1.807, 2.05) is 12.1 Å². The first-order valence-electron chi connectivity index (χ1n) is 8.28. The maximum absolute atomic E-state index is 11.9. The Bertz CT molecular complexity index is 437. The van der Waals surface area contributed by atoms with Crippen LogP contribution in [0.2, 0.25) is 0 Å². The van der Waals surface area contributed by atoms with Gasteiger partial charge >= 0.3 is 0 Å². The Morgan fingerprint density at radius 1 is 1.19 bits per heavy atom. The number of rotatable bonds is 6. The molecular weight excluding hydrogens is 260 g/mol. The van der Waals surface area contributed by atoms with Crippen LogP contribution in [-0.2, 0) is 11.2 Å². The Kier molecular flexibility index (Phi) is 6.74. The molecule has 3 heteroatoms. The molecule has 1 N–H and O–H groups in total. The minimum Gasteiger partial charge on any atom is -0.356 e. The van der Waals surface area contributed by atoms with E-state index < -0.39 is 0 Å². The zero-order chi connectivity index (χ0) is 14.9. The standard InChI is InChI=1S/C18H28N2O/c1-16-8-6-9-17(14-16)15-18(21)19-10-7-13-20-11-4-2-3-5-12-20/h6,8-9,14H,2-5,7,10-13,15H2,1H3,(H,19,21). The number of aryl methyl sites for hydroxylation is 1. The first-order chi connectivity index (χ1) is 10.2. The molecule has 0 unspecified atom stereocenters. The van der Waals surface area contributed by atoms with Gasteiger partial charge in [0.05, 0.1) is 6.42 Å². The normalized spacial score (nSPS) is 16.4. The van der Waals surface area contributed by atoms with Gasteiger partial charge in [0.15, 0.2) is 0 Å². The number of carbonyl (C=O) groups excluding carboxylic acids is 1. The molecule has 1 aromatic rings. The number of amides is 1. The maximum Gasteiger partial charge on any atom is 0.224 e. The topological polar surface area (TPSA) is 32.3 Å². The van der Waals surface area contributed by atoms with Crippen LogP contribution in [0.3, 0.4) is 0 Å². The van der Waals surface area contributed by atoms with Crippen molar-refractivity contribution in [2.75, 3.05) is 26.2 Å². The van der Waals surface area contributed by atoms with E-state index in [2.05, 4.69) is 29.3 Å². The third-order valence-corrected chi connectivity index (χ3v) is 4.12. The van der Waals surface area contributed by atoms with Crippen LogP contribution >= 0.6 is 0 Å². The molecular formula is C18H28N2O. The van der Waals surface area contributed by atoms with Gasteiger partial charge in [-0.05, 0) is 51.4 Å². The summed E-state index contributed by atoms with van der Waals surface area (Å²) in [5, 5.41) is 3.04. The van der Waals surface area contributed by atoms with Gasteiger partial charge in [0.25, 0.3) is 0 Å². The number of likely N-dealkylation sites (tertiary alicyclic amines) is 1. The SMILES string of the molecule is Cc1cccc(CC(=O)NCCCN2CCCCCC2)c1. The summed E-state index contributed by atoms with van der Waals surface area (Å²) in [7, 11) is 0. The van der Waals surface area contributed by atoms with Crippen molar-refractivity contribution in [3.8, 4) is 0 Å². The van der Waals surface area contributed by atoms with Gasteiger partial charge in [0, 0.05) is 6.54 Å². The number of nitrogens with one attached hydrogen (secondary N) is 1. The van der Waals surface area contributed by atoms with Crippen LogP contribution < -0.4 is 5.32 Å². The van der Waals surface area contributed by atoms with Gasteiger partial charge in [-0.2, -0.15) is 0 Å². The van der Waals surface area contributed by atoms with Crippen LogP contribution in [-0.4, -0.2) is 37.0 Å². The molecule has 21 heavy (non-hydrogen) atoms. The molecule has 0 spiro atoms. The highest BCUT2D eigenvalue weighted by Gasteiger charge is 2.08. The average Bonchev–Trinajstić information content (AvgIpc) is 2.72. The van der Waals surface area contributed by atoms with E-state index in [0.29, 0.717) is 6.42 Å². The number of benzene rings is 1. The highest BCUT2D eigenvalue weighted by molar-refractivity contribution is 5.78. The Morgan fingerprint density at radius 3 is 2.67 bits per heavy atom. The lowest BCUT2D eigenvalue weighted by atomic mass is 10.1. The van der Waals surface area contributed by atoms with E-state index in [-0.39, 0.29) is 5.91 Å². The van der Waals surface area contributed by atoms with Gasteiger partial charge in [0.1, 0.15) is 0 Å². The molecule has 3 nitrogen and oxygen atoms in total. The lowest BCUT2D eigenvalue weighted by Gasteiger charge is -2.19. The molecule has 1 saturated heterocycles. The monoisotopic (exact) mass is 288 g/mol. The predicted molar refractivity (Wildman–Crippen MR) is 87.4 cm³/mol. The lowest BCUT2D eigenvalue weighted by molar-refractivity contribution is -0.120. The molecule has 0 saturated carbocycles. The quantitative estimate of drug-likeness (QED) is 0.816. The first-order valence-corrected chi connectivity index (χ1v) is 8.28. The molecule has 0 bridgehead atoms. The van der Waals surface area contributed by atoms with E-state index >= 15 is 0 Å². The Labute approximate surface area is 128 Å². The summed E-state index contributed by atoms with van der Waals surface area (Å²) in [6, 6.07) is 8.17. The molecule has 1 heterocycles. The van der Waals surface area contributed by atoms with Gasteiger partial charge in [0.2, 0.25) is 5.91 Å². The highest BCUT2D eigenvalue weighted by Crippen LogP contribution is 2.09. The molecule has 1 aliphatic heterocycles. The summed E-state index contributed by atoms with van der Waals surface area (Å²) in [5.74, 6) is 0.136. The van der Waals surface area contributed by atoms with Crippen molar-refractivity contribution < 1.29 is 4.79 Å². The van der Waals surface area contributed by atoms with Gasteiger partial charge in [-0.25, -0.2) is 0 Å². The number of hydrogen-bond acceptors (Lipinski definition) is 2. The highest BCUT2D eigenvalue weighted by atomic mass is 16.1. The fourth-order valence-corrected chi connectivity index (χ4v) is 2.96. The van der Waals surface area contributed by atoms with Crippen molar-refractivity contribution in [2.45, 2.75) is 45.4 Å². The Hall–Kier alpha value is -1.35. The molecule has 0 radical (unpaired) electrons. The Balaban J connectivity index is 1.60. The van der Waals surface area contributed by atoms with Crippen molar-refractivity contribution in [1.29, 1.82) is 0 Å². The summed E-state index contributed by atoms with van der Waals surface area (Å²) < 4.78 is 0. The van der Waals surface area contributed by atoms with Crippen molar-refractivity contribution in [3.63, 3.8) is 0 Å². The second-order valence-corrected chi connectivity index (χ2v) is 6.13. The zero-order valence-corrected chi connectivity index (χ0v) is 13.2. The lowest BCUT2D eigenvalue weighted by Crippen LogP contribution is -2.31. The largest absolute Gasteiger partial charge is 0.356 e. The van der Waals surface area contributed by atoms with Crippen LogP contribution in [0.5, 0.6) is 0 Å². The summed E-state index contributed by atoms with van der Waals surface area (Å²) in [6.45, 7) is 6.43. The van der Waals surface area contributed by atoms with E-state index in [9.17, 15) is 4.79 Å². The summed E-state index contributed by atoms with van der Waals surface area (Å²) in [5.41, 5.74) is 2.31.